The second-order valence-electron chi connectivity index (χ2n) is 7.71. The molecule has 0 aliphatic carbocycles. The van der Waals surface area contributed by atoms with Crippen molar-refractivity contribution in [1.29, 1.82) is 0 Å². The van der Waals surface area contributed by atoms with Crippen LogP contribution in [-0.4, -0.2) is 43.2 Å². The minimum absolute atomic E-state index is 0.0354. The van der Waals surface area contributed by atoms with Crippen LogP contribution in [0.15, 0.2) is 84.9 Å². The molecule has 1 heterocycles. The summed E-state index contributed by atoms with van der Waals surface area (Å²) in [5, 5.41) is 3.23. The molecule has 0 saturated carbocycles. The summed E-state index contributed by atoms with van der Waals surface area (Å²) in [5.41, 5.74) is 4.15. The van der Waals surface area contributed by atoms with E-state index in [9.17, 15) is 4.79 Å². The molecule has 0 spiro atoms. The Morgan fingerprint density at radius 2 is 1.40 bits per heavy atom. The van der Waals surface area contributed by atoms with Gasteiger partial charge in [-0.25, -0.2) is 0 Å². The van der Waals surface area contributed by atoms with E-state index in [0.29, 0.717) is 5.56 Å². The molecule has 0 radical (unpaired) electrons. The van der Waals surface area contributed by atoms with Gasteiger partial charge in [0.15, 0.2) is 0 Å². The van der Waals surface area contributed by atoms with Crippen LogP contribution in [0.3, 0.4) is 0 Å². The SMILES string of the molecule is C[C@@H](NC(=O)c1ccc(-c2ccccc2)cc1)[C@H](c1ccccc1)N1CCOCC1. The average Bonchev–Trinajstić information content (AvgIpc) is 2.81. The molecule has 1 amide bonds. The summed E-state index contributed by atoms with van der Waals surface area (Å²) in [5.74, 6) is -0.0451. The molecule has 4 rings (SSSR count). The van der Waals surface area contributed by atoms with Crippen LogP contribution < -0.4 is 5.32 Å². The number of benzene rings is 3. The zero-order chi connectivity index (χ0) is 20.8. The minimum atomic E-state index is -0.0451. The lowest BCUT2D eigenvalue weighted by Crippen LogP contribution is -2.48. The van der Waals surface area contributed by atoms with Crippen LogP contribution in [0.2, 0.25) is 0 Å². The van der Waals surface area contributed by atoms with E-state index in [4.69, 9.17) is 4.74 Å². The number of nitrogens with one attached hydrogen (secondary N) is 1. The zero-order valence-corrected chi connectivity index (χ0v) is 17.3. The second-order valence-corrected chi connectivity index (χ2v) is 7.71. The topological polar surface area (TPSA) is 41.6 Å². The fourth-order valence-corrected chi connectivity index (χ4v) is 4.14. The maximum Gasteiger partial charge on any atom is 0.251 e. The van der Waals surface area contributed by atoms with E-state index < -0.39 is 0 Å². The molecule has 1 aliphatic heterocycles. The molecular weight excluding hydrogens is 372 g/mol. The molecule has 4 nitrogen and oxygen atoms in total. The van der Waals surface area contributed by atoms with Gasteiger partial charge in [-0.1, -0.05) is 72.8 Å². The van der Waals surface area contributed by atoms with E-state index in [1.807, 2.05) is 48.5 Å². The van der Waals surface area contributed by atoms with E-state index in [1.165, 1.54) is 5.56 Å². The molecule has 30 heavy (non-hydrogen) atoms. The van der Waals surface area contributed by atoms with Crippen LogP contribution in [0.1, 0.15) is 28.9 Å². The van der Waals surface area contributed by atoms with Crippen LogP contribution in [-0.2, 0) is 4.74 Å². The molecule has 1 N–H and O–H groups in total. The van der Waals surface area contributed by atoms with Gasteiger partial charge < -0.3 is 10.1 Å². The number of hydrogen-bond donors (Lipinski definition) is 1. The highest BCUT2D eigenvalue weighted by Gasteiger charge is 2.28. The molecule has 3 aromatic carbocycles. The number of hydrogen-bond acceptors (Lipinski definition) is 3. The van der Waals surface area contributed by atoms with Crippen LogP contribution in [0, 0.1) is 0 Å². The normalized spacial score (nSPS) is 16.6. The predicted molar refractivity (Wildman–Crippen MR) is 120 cm³/mol. The van der Waals surface area contributed by atoms with Crippen molar-refractivity contribution in [2.45, 2.75) is 19.0 Å². The van der Waals surface area contributed by atoms with Crippen LogP contribution in [0.4, 0.5) is 0 Å². The molecular formula is C26H28N2O2. The first-order chi connectivity index (χ1) is 14.7. The summed E-state index contributed by atoms with van der Waals surface area (Å²) in [6.07, 6.45) is 0. The Hall–Kier alpha value is -2.95. The van der Waals surface area contributed by atoms with Crippen molar-refractivity contribution in [3.8, 4) is 11.1 Å². The van der Waals surface area contributed by atoms with E-state index in [0.717, 1.165) is 37.4 Å². The second kappa shape index (κ2) is 9.70. The number of rotatable bonds is 6. The lowest BCUT2D eigenvalue weighted by molar-refractivity contribution is 0.00888. The maximum atomic E-state index is 13.0. The molecule has 4 heteroatoms. The number of carbonyl (C=O) groups is 1. The highest BCUT2D eigenvalue weighted by molar-refractivity contribution is 5.94. The predicted octanol–water partition coefficient (Wildman–Crippen LogP) is 4.55. The lowest BCUT2D eigenvalue weighted by atomic mass is 9.97. The third kappa shape index (κ3) is 4.78. The van der Waals surface area contributed by atoms with Crippen molar-refractivity contribution in [2.24, 2.45) is 0 Å². The molecule has 0 aromatic heterocycles. The number of amides is 1. The Labute approximate surface area is 178 Å². The van der Waals surface area contributed by atoms with Crippen molar-refractivity contribution in [1.82, 2.24) is 10.2 Å². The largest absolute Gasteiger partial charge is 0.379 e. The Kier molecular flexibility index (Phi) is 6.57. The molecule has 1 aliphatic rings. The van der Waals surface area contributed by atoms with Crippen molar-refractivity contribution in [3.63, 3.8) is 0 Å². The smallest absolute Gasteiger partial charge is 0.251 e. The molecule has 0 bridgehead atoms. The fraction of sp³-hybridized carbons (Fsp3) is 0.269. The van der Waals surface area contributed by atoms with Gasteiger partial charge in [-0.15, -0.1) is 0 Å². The van der Waals surface area contributed by atoms with Gasteiger partial charge in [-0.3, -0.25) is 9.69 Å². The van der Waals surface area contributed by atoms with Gasteiger partial charge in [0.25, 0.3) is 5.91 Å². The standard InChI is InChI=1S/C26H28N2O2/c1-20(25(23-10-6-3-7-11-23)28-16-18-30-19-17-28)27-26(29)24-14-12-22(13-15-24)21-8-4-2-5-9-21/h2-15,20,25H,16-19H2,1H3,(H,27,29)/t20-,25-/m1/s1. The van der Waals surface area contributed by atoms with Gasteiger partial charge >= 0.3 is 0 Å². The van der Waals surface area contributed by atoms with Gasteiger partial charge in [-0.05, 0) is 35.7 Å². The molecule has 154 valence electrons. The summed E-state index contributed by atoms with van der Waals surface area (Å²) >= 11 is 0. The average molecular weight is 401 g/mol. The molecule has 0 unspecified atom stereocenters. The Morgan fingerprint density at radius 1 is 0.833 bits per heavy atom. The number of nitrogens with zero attached hydrogens (tertiary/aromatic N) is 1. The summed E-state index contributed by atoms with van der Waals surface area (Å²) in [7, 11) is 0. The summed E-state index contributed by atoms with van der Waals surface area (Å²) in [4.78, 5) is 15.4. The van der Waals surface area contributed by atoms with E-state index in [2.05, 4.69) is 53.5 Å². The van der Waals surface area contributed by atoms with Gasteiger partial charge in [0.1, 0.15) is 0 Å². The van der Waals surface area contributed by atoms with Crippen molar-refractivity contribution in [3.05, 3.63) is 96.1 Å². The summed E-state index contributed by atoms with van der Waals surface area (Å²) in [6.45, 7) is 5.27. The van der Waals surface area contributed by atoms with Gasteiger partial charge in [-0.2, -0.15) is 0 Å². The third-order valence-electron chi connectivity index (χ3n) is 5.67. The van der Waals surface area contributed by atoms with E-state index >= 15 is 0 Å². The van der Waals surface area contributed by atoms with Gasteiger partial charge in [0, 0.05) is 24.7 Å². The van der Waals surface area contributed by atoms with E-state index in [-0.39, 0.29) is 18.0 Å². The van der Waals surface area contributed by atoms with Crippen molar-refractivity contribution >= 4 is 5.91 Å². The van der Waals surface area contributed by atoms with E-state index in [1.54, 1.807) is 0 Å². The minimum Gasteiger partial charge on any atom is -0.379 e. The molecule has 1 saturated heterocycles. The molecule has 1 fully saturated rings. The summed E-state index contributed by atoms with van der Waals surface area (Å²) in [6, 6.07) is 28.5. The highest BCUT2D eigenvalue weighted by Crippen LogP contribution is 2.26. The Bertz CT molecular complexity index is 936. The first-order valence-electron chi connectivity index (χ1n) is 10.6. The van der Waals surface area contributed by atoms with Crippen molar-refractivity contribution in [2.75, 3.05) is 26.3 Å². The number of carbonyl (C=O) groups excluding carboxylic acids is 1. The molecule has 3 aromatic rings. The van der Waals surface area contributed by atoms with Crippen LogP contribution in [0.25, 0.3) is 11.1 Å². The highest BCUT2D eigenvalue weighted by atomic mass is 16.5. The number of ether oxygens (including phenoxy) is 1. The number of morpholine rings is 1. The Balaban J connectivity index is 1.49. The third-order valence-corrected chi connectivity index (χ3v) is 5.67. The first kappa shape index (κ1) is 20.3. The first-order valence-corrected chi connectivity index (χ1v) is 10.6. The Morgan fingerprint density at radius 3 is 2.03 bits per heavy atom. The fourth-order valence-electron chi connectivity index (χ4n) is 4.14. The van der Waals surface area contributed by atoms with Crippen LogP contribution in [0.5, 0.6) is 0 Å². The zero-order valence-electron chi connectivity index (χ0n) is 17.3. The monoisotopic (exact) mass is 400 g/mol. The quantitative estimate of drug-likeness (QED) is 0.660. The maximum absolute atomic E-state index is 13.0. The van der Waals surface area contributed by atoms with Crippen LogP contribution >= 0.6 is 0 Å². The van der Waals surface area contributed by atoms with Gasteiger partial charge in [0.05, 0.1) is 19.3 Å². The molecule has 2 atom stereocenters. The lowest BCUT2D eigenvalue weighted by Gasteiger charge is -2.38. The van der Waals surface area contributed by atoms with Gasteiger partial charge in [0.2, 0.25) is 0 Å². The van der Waals surface area contributed by atoms with Crippen molar-refractivity contribution < 1.29 is 9.53 Å². The summed E-state index contributed by atoms with van der Waals surface area (Å²) < 4.78 is 5.53.